The minimum Gasteiger partial charge on any atom is -0.497 e. The lowest BCUT2D eigenvalue weighted by Crippen LogP contribution is -2.29. The van der Waals surface area contributed by atoms with Crippen molar-refractivity contribution in [3.63, 3.8) is 0 Å². The third kappa shape index (κ3) is 5.05. The highest BCUT2D eigenvalue weighted by molar-refractivity contribution is 7.90. The number of aryl methyl sites for hydroxylation is 1. The number of rotatable bonds is 7. The summed E-state index contributed by atoms with van der Waals surface area (Å²) < 4.78 is 79.8. The minimum atomic E-state index is -4.80. The molecule has 0 radical (unpaired) electrons. The van der Waals surface area contributed by atoms with Crippen molar-refractivity contribution in [3.05, 3.63) is 89.9 Å². The fourth-order valence-corrected chi connectivity index (χ4v) is 4.56. The maximum Gasteiger partial charge on any atom is 0.267 e. The number of amides is 1. The molecular weight excluding hydrogens is 497 g/mol. The molecule has 1 aromatic heterocycles. The van der Waals surface area contributed by atoms with Gasteiger partial charge in [-0.1, -0.05) is 12.1 Å². The first-order valence-corrected chi connectivity index (χ1v) is 11.9. The number of fused-ring (bicyclic) bond motifs is 1. The molecule has 4 aromatic rings. The van der Waals surface area contributed by atoms with Crippen LogP contribution in [-0.4, -0.2) is 26.0 Å². The van der Waals surface area contributed by atoms with Gasteiger partial charge in [-0.3, -0.25) is 4.79 Å². The molecule has 1 N–H and O–H groups in total. The van der Waals surface area contributed by atoms with Crippen molar-refractivity contribution in [1.82, 2.24) is 9.29 Å². The van der Waals surface area contributed by atoms with Gasteiger partial charge in [-0.15, -0.1) is 0 Å². The lowest BCUT2D eigenvalue weighted by molar-refractivity contribution is -0.114. The van der Waals surface area contributed by atoms with Crippen molar-refractivity contribution in [2.75, 3.05) is 7.11 Å². The molecule has 36 heavy (non-hydrogen) atoms. The first-order chi connectivity index (χ1) is 17.1. The van der Waals surface area contributed by atoms with Gasteiger partial charge in [0, 0.05) is 48.5 Å². The van der Waals surface area contributed by atoms with E-state index in [2.05, 4.69) is 0 Å². The summed E-state index contributed by atoms with van der Waals surface area (Å²) in [6.45, 7) is 0. The van der Waals surface area contributed by atoms with Crippen LogP contribution in [0.5, 0.6) is 17.2 Å². The Balaban J connectivity index is 1.63. The van der Waals surface area contributed by atoms with Gasteiger partial charge < -0.3 is 14.0 Å². The van der Waals surface area contributed by atoms with Crippen LogP contribution in [0.4, 0.5) is 13.2 Å². The van der Waals surface area contributed by atoms with E-state index in [4.69, 9.17) is 9.47 Å². The summed E-state index contributed by atoms with van der Waals surface area (Å²) in [5.41, 5.74) is 1.30. The molecule has 0 aliphatic carbocycles. The first-order valence-electron chi connectivity index (χ1n) is 10.4. The summed E-state index contributed by atoms with van der Waals surface area (Å²) in [6.07, 6.45) is 3.98. The molecule has 1 amide bonds. The van der Waals surface area contributed by atoms with E-state index in [0.717, 1.165) is 11.6 Å². The Morgan fingerprint density at radius 2 is 1.67 bits per heavy atom. The summed E-state index contributed by atoms with van der Waals surface area (Å²) in [4.78, 5) is 11.1. The fraction of sp³-hybridized carbons (Fsp3) is 0.0800. The number of methoxy groups -OCH3 is 1. The van der Waals surface area contributed by atoms with Crippen LogP contribution in [0.1, 0.15) is 5.56 Å². The third-order valence-corrected chi connectivity index (χ3v) is 6.55. The number of sulfonamides is 1. The summed E-state index contributed by atoms with van der Waals surface area (Å²) in [6, 6.07) is 12.6. The summed E-state index contributed by atoms with van der Waals surface area (Å²) in [5.74, 6) is -4.20. The van der Waals surface area contributed by atoms with Crippen LogP contribution in [0.15, 0.2) is 71.8 Å². The van der Waals surface area contributed by atoms with Crippen molar-refractivity contribution in [1.29, 1.82) is 0 Å². The van der Waals surface area contributed by atoms with Crippen molar-refractivity contribution in [3.8, 4) is 17.2 Å². The number of carbonyl (C=O) groups excluding carboxylic acids is 1. The number of ether oxygens (including phenoxy) is 2. The van der Waals surface area contributed by atoms with Gasteiger partial charge in [0.25, 0.3) is 15.9 Å². The average Bonchev–Trinajstić information content (AvgIpc) is 3.16. The van der Waals surface area contributed by atoms with Gasteiger partial charge in [0.05, 0.1) is 12.6 Å². The standard InChI is InChI=1S/C25H19F3N2O5S/c1-30-14-15(9-10-24(31)29-36(32,33)23-13-19(27)18(26)12-20(23)28)25-21(30)7-4-8-22(25)35-17-6-3-5-16(11-17)34-2/h3-14H,1-2H3,(H,29,31)/b10-9+. The van der Waals surface area contributed by atoms with Crippen LogP contribution in [0, 0.1) is 17.5 Å². The van der Waals surface area contributed by atoms with Gasteiger partial charge in [-0.25, -0.2) is 26.3 Å². The Bertz CT molecular complexity index is 1610. The number of nitrogens with zero attached hydrogens (tertiary/aromatic N) is 1. The van der Waals surface area contributed by atoms with E-state index < -0.39 is 38.3 Å². The van der Waals surface area contributed by atoms with E-state index in [1.165, 1.54) is 13.2 Å². The van der Waals surface area contributed by atoms with Crippen molar-refractivity contribution >= 4 is 32.9 Å². The monoisotopic (exact) mass is 516 g/mol. The number of benzene rings is 3. The van der Waals surface area contributed by atoms with Crippen LogP contribution in [0.2, 0.25) is 0 Å². The second-order valence-corrected chi connectivity index (χ2v) is 9.28. The Morgan fingerprint density at radius 1 is 0.972 bits per heavy atom. The number of aromatic nitrogens is 1. The molecule has 186 valence electrons. The normalized spacial score (nSPS) is 11.7. The summed E-state index contributed by atoms with van der Waals surface area (Å²) in [7, 11) is -1.48. The molecule has 4 rings (SSSR count). The molecular formula is C25H19F3N2O5S. The smallest absolute Gasteiger partial charge is 0.267 e. The van der Waals surface area contributed by atoms with Crippen molar-refractivity contribution in [2.24, 2.45) is 7.05 Å². The summed E-state index contributed by atoms with van der Waals surface area (Å²) in [5, 5.41) is 0.640. The number of halogens is 3. The van der Waals surface area contributed by atoms with E-state index in [9.17, 15) is 26.4 Å². The Hall–Kier alpha value is -4.25. The topological polar surface area (TPSA) is 86.6 Å². The SMILES string of the molecule is COc1cccc(Oc2cccc3c2c(/C=C/C(=O)NS(=O)(=O)c2cc(F)c(F)cc2F)cn3C)c1. The van der Waals surface area contributed by atoms with Gasteiger partial charge in [-0.05, 0) is 30.3 Å². The average molecular weight is 516 g/mol. The molecule has 0 aliphatic rings. The second kappa shape index (κ2) is 9.78. The molecule has 11 heteroatoms. The number of carbonyl (C=O) groups is 1. The zero-order valence-electron chi connectivity index (χ0n) is 19.0. The van der Waals surface area contributed by atoms with Crippen molar-refractivity contribution in [2.45, 2.75) is 4.90 Å². The van der Waals surface area contributed by atoms with Gasteiger partial charge >= 0.3 is 0 Å². The zero-order valence-corrected chi connectivity index (χ0v) is 19.8. The molecule has 0 unspecified atom stereocenters. The first kappa shape index (κ1) is 24.9. The third-order valence-electron chi connectivity index (χ3n) is 5.19. The van der Waals surface area contributed by atoms with Gasteiger partial charge in [0.15, 0.2) is 11.6 Å². The molecule has 0 aliphatic heterocycles. The molecule has 3 aromatic carbocycles. The Labute approximate surface area is 204 Å². The van der Waals surface area contributed by atoms with Crippen LogP contribution < -0.4 is 14.2 Å². The van der Waals surface area contributed by atoms with Crippen molar-refractivity contribution < 1.29 is 35.9 Å². The van der Waals surface area contributed by atoms with Crippen LogP contribution in [0.25, 0.3) is 17.0 Å². The number of hydrogen-bond donors (Lipinski definition) is 1. The number of nitrogens with one attached hydrogen (secondary N) is 1. The molecule has 0 saturated heterocycles. The van der Waals surface area contributed by atoms with E-state index in [0.29, 0.717) is 28.2 Å². The molecule has 0 saturated carbocycles. The van der Waals surface area contributed by atoms with E-state index >= 15 is 0 Å². The Morgan fingerprint density at radius 3 is 2.42 bits per heavy atom. The summed E-state index contributed by atoms with van der Waals surface area (Å²) >= 11 is 0. The van der Waals surface area contributed by atoms with Crippen LogP contribution in [-0.2, 0) is 21.9 Å². The predicted octanol–water partition coefficient (Wildman–Crippen LogP) is 4.91. The van der Waals surface area contributed by atoms with Gasteiger partial charge in [-0.2, -0.15) is 0 Å². The zero-order chi connectivity index (χ0) is 26.0. The molecule has 0 fully saturated rings. The fourth-order valence-electron chi connectivity index (χ4n) is 3.55. The molecule has 7 nitrogen and oxygen atoms in total. The maximum atomic E-state index is 13.9. The van der Waals surface area contributed by atoms with Crippen LogP contribution in [0.3, 0.4) is 0 Å². The highest BCUT2D eigenvalue weighted by Gasteiger charge is 2.23. The molecule has 0 bridgehead atoms. The molecule has 0 spiro atoms. The van der Waals surface area contributed by atoms with E-state index in [1.807, 2.05) is 6.07 Å². The maximum absolute atomic E-state index is 13.9. The number of hydrogen-bond acceptors (Lipinski definition) is 5. The van der Waals surface area contributed by atoms with Gasteiger partial charge in [0.2, 0.25) is 0 Å². The van der Waals surface area contributed by atoms with E-state index in [-0.39, 0.29) is 12.1 Å². The lowest BCUT2D eigenvalue weighted by Gasteiger charge is -2.09. The van der Waals surface area contributed by atoms with E-state index in [1.54, 1.807) is 58.9 Å². The van der Waals surface area contributed by atoms with Crippen LogP contribution >= 0.6 is 0 Å². The minimum absolute atomic E-state index is 0.0875. The quantitative estimate of drug-likeness (QED) is 0.279. The molecule has 1 heterocycles. The second-order valence-electron chi connectivity index (χ2n) is 7.63. The lowest BCUT2D eigenvalue weighted by atomic mass is 10.1. The Kier molecular flexibility index (Phi) is 6.75. The predicted molar refractivity (Wildman–Crippen MR) is 127 cm³/mol. The largest absolute Gasteiger partial charge is 0.497 e. The highest BCUT2D eigenvalue weighted by atomic mass is 32.2. The highest BCUT2D eigenvalue weighted by Crippen LogP contribution is 2.35. The molecule has 0 atom stereocenters. The van der Waals surface area contributed by atoms with Gasteiger partial charge in [0.1, 0.15) is 28.0 Å².